The van der Waals surface area contributed by atoms with Crippen LogP contribution in [0.1, 0.15) is 33.1 Å². The van der Waals surface area contributed by atoms with Crippen LogP contribution in [0.4, 0.5) is 0 Å². The number of carbonyl (C=O) groups is 2. The monoisotopic (exact) mass is 216 g/mol. The second-order valence-corrected chi connectivity index (χ2v) is 4.63. The fourth-order valence-electron chi connectivity index (χ4n) is 1.01. The van der Waals surface area contributed by atoms with Gasteiger partial charge in [0.15, 0.2) is 0 Å². The summed E-state index contributed by atoms with van der Waals surface area (Å²) in [4.78, 5) is 22.2. The number of hydrogen-bond donors (Lipinski definition) is 0. The minimum absolute atomic E-state index is 0.105. The molecule has 78 valence electrons. The Morgan fingerprint density at radius 1 is 1.21 bits per heavy atom. The Hall–Kier alpha value is -0.568. The predicted molar refractivity (Wildman–Crippen MR) is 48.0 cm³/mol. The first-order chi connectivity index (χ1) is 6.58. The van der Waals surface area contributed by atoms with Gasteiger partial charge in [0.05, 0.1) is 0 Å². The highest BCUT2D eigenvalue weighted by Crippen LogP contribution is 2.09. The molecule has 0 radical (unpaired) electrons. The van der Waals surface area contributed by atoms with Crippen molar-refractivity contribution in [1.82, 2.24) is 0 Å². The van der Waals surface area contributed by atoms with Crippen molar-refractivity contribution < 1.29 is 21.0 Å². The van der Waals surface area contributed by atoms with Crippen molar-refractivity contribution in [3.8, 4) is 0 Å². The standard InChI is InChI=1S/C5H8O4.C3H7O.Al/c6-4(7)2-1-3-5(8)9;1-3(2)4;/h1-3H2,(H,6,7)(H,8,9);3H,1-2H3;/q;-1;+3/p-2. The molecule has 1 heterocycles. The molecule has 0 spiro atoms. The van der Waals surface area contributed by atoms with Gasteiger partial charge >= 0.3 is 15.1 Å². The van der Waals surface area contributed by atoms with Gasteiger partial charge in [0.25, 0.3) is 11.9 Å². The Labute approximate surface area is 87.7 Å². The van der Waals surface area contributed by atoms with E-state index in [0.717, 1.165) is 0 Å². The third-order valence-electron chi connectivity index (χ3n) is 1.60. The second kappa shape index (κ2) is 5.35. The molecular weight excluding hydrogens is 203 g/mol. The largest absolute Gasteiger partial charge is 1.10 e. The van der Waals surface area contributed by atoms with Crippen LogP contribution in [0.25, 0.3) is 0 Å². The molecule has 0 aliphatic carbocycles. The van der Waals surface area contributed by atoms with Gasteiger partial charge in [0.1, 0.15) is 0 Å². The van der Waals surface area contributed by atoms with Crippen LogP contribution in [0.15, 0.2) is 0 Å². The molecule has 1 aliphatic heterocycles. The van der Waals surface area contributed by atoms with Gasteiger partial charge in [-0.15, -0.1) is 0 Å². The molecule has 0 aromatic rings. The topological polar surface area (TPSA) is 61.8 Å². The lowest BCUT2D eigenvalue weighted by Crippen LogP contribution is -2.36. The summed E-state index contributed by atoms with van der Waals surface area (Å²) in [6.45, 7) is 3.60. The van der Waals surface area contributed by atoms with E-state index in [4.69, 9.17) is 11.4 Å². The Balaban J connectivity index is 2.51. The van der Waals surface area contributed by atoms with Gasteiger partial charge in [-0.25, -0.2) is 0 Å². The van der Waals surface area contributed by atoms with Crippen LogP contribution in [-0.4, -0.2) is 33.2 Å². The highest BCUT2D eigenvalue weighted by atomic mass is 27.3. The maximum absolute atomic E-state index is 11.1. The van der Waals surface area contributed by atoms with Crippen molar-refractivity contribution in [2.24, 2.45) is 0 Å². The van der Waals surface area contributed by atoms with Crippen LogP contribution in [-0.2, 0) is 21.0 Å². The van der Waals surface area contributed by atoms with Crippen LogP contribution in [0.2, 0.25) is 0 Å². The average Bonchev–Trinajstić information content (AvgIpc) is 1.99. The van der Waals surface area contributed by atoms with E-state index >= 15 is 0 Å². The van der Waals surface area contributed by atoms with Crippen LogP contribution in [0.5, 0.6) is 0 Å². The summed E-state index contributed by atoms with van der Waals surface area (Å²) in [5.74, 6) is -0.676. The Morgan fingerprint density at radius 2 is 1.71 bits per heavy atom. The van der Waals surface area contributed by atoms with Gasteiger partial charge < -0.3 is 11.4 Å². The molecule has 0 amide bonds. The van der Waals surface area contributed by atoms with E-state index in [1.807, 2.05) is 0 Å². The minimum atomic E-state index is -2.57. The third kappa shape index (κ3) is 4.09. The first-order valence-electron chi connectivity index (χ1n) is 4.62. The number of carbonyl (C=O) groups excluding carboxylic acids is 2. The van der Waals surface area contributed by atoms with E-state index in [1.54, 1.807) is 13.8 Å². The Morgan fingerprint density at radius 3 is 2.14 bits per heavy atom. The van der Waals surface area contributed by atoms with Gasteiger partial charge in [-0.2, -0.15) is 0 Å². The molecule has 1 aliphatic rings. The molecule has 0 aromatic carbocycles. The van der Waals surface area contributed by atoms with Gasteiger partial charge in [0, 0.05) is 18.9 Å². The van der Waals surface area contributed by atoms with Crippen molar-refractivity contribution in [3.63, 3.8) is 0 Å². The van der Waals surface area contributed by atoms with Crippen molar-refractivity contribution in [2.75, 3.05) is 0 Å². The summed E-state index contributed by atoms with van der Waals surface area (Å²) in [7, 11) is 0. The van der Waals surface area contributed by atoms with Crippen LogP contribution < -0.4 is 0 Å². The molecule has 6 heteroatoms. The van der Waals surface area contributed by atoms with Gasteiger partial charge in [-0.05, 0) is 20.3 Å². The molecule has 0 bridgehead atoms. The molecule has 5 nitrogen and oxygen atoms in total. The predicted octanol–water partition coefficient (Wildman–Crippen LogP) is 0.667. The normalized spacial score (nSPS) is 18.6. The molecule has 0 unspecified atom stereocenters. The third-order valence-corrected chi connectivity index (χ3v) is 3.28. The lowest BCUT2D eigenvalue weighted by molar-refractivity contribution is -0.146. The van der Waals surface area contributed by atoms with E-state index in [9.17, 15) is 9.59 Å². The van der Waals surface area contributed by atoms with Crippen LogP contribution in [0.3, 0.4) is 0 Å². The summed E-state index contributed by atoms with van der Waals surface area (Å²) in [5.41, 5.74) is 0. The van der Waals surface area contributed by atoms with E-state index < -0.39 is 15.1 Å². The Bertz CT molecular complexity index is 210. The van der Waals surface area contributed by atoms with E-state index in [2.05, 4.69) is 0 Å². The van der Waals surface area contributed by atoms with Crippen molar-refractivity contribution in [2.45, 2.75) is 39.2 Å². The highest BCUT2D eigenvalue weighted by Gasteiger charge is 2.44. The quantitative estimate of drug-likeness (QED) is 0.635. The van der Waals surface area contributed by atoms with Gasteiger partial charge in [-0.3, -0.25) is 9.59 Å². The first kappa shape index (κ1) is 11.5. The summed E-state index contributed by atoms with van der Waals surface area (Å²) >= 11 is -2.57. The second-order valence-electron chi connectivity index (χ2n) is 3.31. The summed E-state index contributed by atoms with van der Waals surface area (Å²) in [6.07, 6.45) is 0.910. The van der Waals surface area contributed by atoms with Crippen molar-refractivity contribution >= 4 is 27.1 Å². The summed E-state index contributed by atoms with van der Waals surface area (Å²) in [6, 6.07) is 0. The van der Waals surface area contributed by atoms with Gasteiger partial charge in [0.2, 0.25) is 0 Å². The zero-order valence-corrected chi connectivity index (χ0v) is 9.47. The zero-order valence-electron chi connectivity index (χ0n) is 8.32. The summed E-state index contributed by atoms with van der Waals surface area (Å²) < 4.78 is 15.0. The minimum Gasteiger partial charge on any atom is -0.562 e. The maximum atomic E-state index is 11.1. The molecule has 1 fully saturated rings. The van der Waals surface area contributed by atoms with E-state index in [1.165, 1.54) is 0 Å². The fourth-order valence-corrected chi connectivity index (χ4v) is 2.28. The van der Waals surface area contributed by atoms with Crippen molar-refractivity contribution in [1.29, 1.82) is 0 Å². The number of hydrogen-bond acceptors (Lipinski definition) is 5. The van der Waals surface area contributed by atoms with Crippen LogP contribution >= 0.6 is 0 Å². The molecular formula is C8H13AlO5. The molecule has 1 rings (SSSR count). The SMILES string of the molecule is CC(C)[O][Al]1[O]C(=O)CCCC(=O)[O]1. The smallest absolute Gasteiger partial charge is 0.562 e. The fraction of sp³-hybridized carbons (Fsp3) is 0.750. The first-order valence-corrected chi connectivity index (χ1v) is 6.04. The lowest BCUT2D eigenvalue weighted by atomic mass is 10.2. The zero-order chi connectivity index (χ0) is 10.6. The van der Waals surface area contributed by atoms with Gasteiger partial charge in [-0.1, -0.05) is 0 Å². The Kier molecular flexibility index (Phi) is 4.39. The average molecular weight is 216 g/mol. The lowest BCUT2D eigenvalue weighted by Gasteiger charge is -2.17. The molecule has 1 saturated heterocycles. The highest BCUT2D eigenvalue weighted by molar-refractivity contribution is 6.41. The number of rotatable bonds is 2. The van der Waals surface area contributed by atoms with Crippen LogP contribution in [0, 0.1) is 0 Å². The molecule has 0 saturated carbocycles. The van der Waals surface area contributed by atoms with E-state index in [-0.39, 0.29) is 30.9 Å². The van der Waals surface area contributed by atoms with E-state index in [0.29, 0.717) is 6.42 Å². The molecule has 0 aromatic heterocycles. The maximum Gasteiger partial charge on any atom is 1.10 e. The summed E-state index contributed by atoms with van der Waals surface area (Å²) in [5, 5.41) is 0. The molecule has 14 heavy (non-hydrogen) atoms. The van der Waals surface area contributed by atoms with Crippen molar-refractivity contribution in [3.05, 3.63) is 0 Å². The molecule has 0 atom stereocenters. The molecule has 0 N–H and O–H groups in total.